The summed E-state index contributed by atoms with van der Waals surface area (Å²) in [6, 6.07) is 39.2. The molecular weight excluding hydrogens is 639 g/mol. The molecule has 0 radical (unpaired) electrons. The van der Waals surface area contributed by atoms with Crippen molar-refractivity contribution in [2.45, 2.75) is 33.3 Å². The SMILES string of the molecule is CCC(Sc1cccc(NC(=O)/C(=C\c2cccc(OC)c2)NC(=O)c2ccccc2)c1)C(=O)N1c2ccccc2Sc2ccccc21. The Bertz CT molecular complexity index is 1950. The number of thioether (sulfide) groups is 1. The number of nitrogens with zero attached hydrogens (tertiary/aromatic N) is 1. The predicted octanol–water partition coefficient (Wildman–Crippen LogP) is 8.81. The average Bonchev–Trinajstić information content (AvgIpc) is 3.12. The fourth-order valence-corrected chi connectivity index (χ4v) is 7.36. The van der Waals surface area contributed by atoms with Crippen molar-refractivity contribution in [2.75, 3.05) is 17.3 Å². The van der Waals surface area contributed by atoms with Crippen LogP contribution in [0.25, 0.3) is 6.08 Å². The number of carbonyl (C=O) groups excluding carboxylic acids is 3. The molecule has 1 atom stereocenters. The van der Waals surface area contributed by atoms with E-state index in [-0.39, 0.29) is 16.9 Å². The minimum atomic E-state index is -0.494. The Labute approximate surface area is 288 Å². The summed E-state index contributed by atoms with van der Waals surface area (Å²) in [6.45, 7) is 2.00. The van der Waals surface area contributed by atoms with E-state index in [1.165, 1.54) is 11.8 Å². The molecule has 240 valence electrons. The van der Waals surface area contributed by atoms with Gasteiger partial charge in [-0.05, 0) is 84.8 Å². The van der Waals surface area contributed by atoms with E-state index in [1.54, 1.807) is 67.4 Å². The summed E-state index contributed by atoms with van der Waals surface area (Å²) in [5.41, 5.74) is 3.45. The Morgan fingerprint density at radius 3 is 2.17 bits per heavy atom. The molecule has 1 aliphatic heterocycles. The third-order valence-corrected chi connectivity index (χ3v) is 10.1. The number of para-hydroxylation sites is 2. The van der Waals surface area contributed by atoms with Crippen molar-refractivity contribution in [1.29, 1.82) is 0 Å². The standard InChI is InChI=1S/C39H33N3O4S2/c1-3-34(39(45)42-32-19-7-9-21-35(32)48-36-22-10-8-20-33(36)42)47-30-18-12-16-28(25-30)40-38(44)31(24-26-13-11-17-29(23-26)46-2)41-37(43)27-14-5-4-6-15-27/h4-25,34H,3H2,1-2H3,(H,40,44)(H,41,43)/b31-24+. The van der Waals surface area contributed by atoms with Gasteiger partial charge in [0.1, 0.15) is 11.4 Å². The number of benzene rings is 5. The van der Waals surface area contributed by atoms with Gasteiger partial charge in [-0.1, -0.05) is 79.3 Å². The molecule has 0 saturated heterocycles. The molecule has 3 amide bonds. The van der Waals surface area contributed by atoms with Crippen LogP contribution in [0.15, 0.2) is 148 Å². The van der Waals surface area contributed by atoms with Crippen LogP contribution in [0, 0.1) is 0 Å². The Morgan fingerprint density at radius 2 is 1.48 bits per heavy atom. The van der Waals surface area contributed by atoms with E-state index in [0.29, 0.717) is 29.0 Å². The fourth-order valence-electron chi connectivity index (χ4n) is 5.24. The number of fused-ring (bicyclic) bond motifs is 2. The maximum Gasteiger partial charge on any atom is 0.272 e. The smallest absolute Gasteiger partial charge is 0.272 e. The number of hydrogen-bond acceptors (Lipinski definition) is 6. The summed E-state index contributed by atoms with van der Waals surface area (Å²) in [7, 11) is 1.57. The molecule has 6 rings (SSSR count). The largest absolute Gasteiger partial charge is 0.497 e. The van der Waals surface area contributed by atoms with E-state index in [2.05, 4.69) is 10.6 Å². The first-order valence-electron chi connectivity index (χ1n) is 15.4. The fraction of sp³-hybridized carbons (Fsp3) is 0.103. The maximum absolute atomic E-state index is 14.2. The van der Waals surface area contributed by atoms with Gasteiger partial charge in [0.25, 0.3) is 11.8 Å². The second-order valence-electron chi connectivity index (χ2n) is 10.9. The van der Waals surface area contributed by atoms with E-state index in [1.807, 2.05) is 96.8 Å². The molecule has 1 aliphatic rings. The molecule has 7 nitrogen and oxygen atoms in total. The first-order chi connectivity index (χ1) is 23.4. The van der Waals surface area contributed by atoms with Crippen molar-refractivity contribution in [1.82, 2.24) is 5.32 Å². The summed E-state index contributed by atoms with van der Waals surface area (Å²) >= 11 is 3.12. The first-order valence-corrected chi connectivity index (χ1v) is 17.1. The molecule has 5 aromatic rings. The van der Waals surface area contributed by atoms with Gasteiger partial charge in [0.2, 0.25) is 5.91 Å². The van der Waals surface area contributed by atoms with E-state index < -0.39 is 11.8 Å². The van der Waals surface area contributed by atoms with Crippen molar-refractivity contribution in [3.63, 3.8) is 0 Å². The lowest BCUT2D eigenvalue weighted by Crippen LogP contribution is -2.35. The van der Waals surface area contributed by atoms with Gasteiger partial charge in [-0.15, -0.1) is 11.8 Å². The average molecular weight is 672 g/mol. The number of methoxy groups -OCH3 is 1. The van der Waals surface area contributed by atoms with E-state index in [0.717, 1.165) is 26.1 Å². The predicted molar refractivity (Wildman–Crippen MR) is 194 cm³/mol. The third kappa shape index (κ3) is 7.48. The van der Waals surface area contributed by atoms with Crippen LogP contribution in [0.5, 0.6) is 5.75 Å². The van der Waals surface area contributed by atoms with Crippen molar-refractivity contribution in [2.24, 2.45) is 0 Å². The first kappa shape index (κ1) is 32.7. The highest BCUT2D eigenvalue weighted by atomic mass is 32.2. The van der Waals surface area contributed by atoms with Crippen LogP contribution in [0.4, 0.5) is 17.1 Å². The molecule has 0 aromatic heterocycles. The monoisotopic (exact) mass is 671 g/mol. The zero-order chi connectivity index (χ0) is 33.5. The lowest BCUT2D eigenvalue weighted by Gasteiger charge is -2.33. The molecule has 48 heavy (non-hydrogen) atoms. The van der Waals surface area contributed by atoms with Crippen LogP contribution in [0.3, 0.4) is 0 Å². The minimum absolute atomic E-state index is 0.00993. The highest BCUT2D eigenvalue weighted by Crippen LogP contribution is 2.49. The molecular formula is C39H33N3O4S2. The van der Waals surface area contributed by atoms with Gasteiger partial charge in [0, 0.05) is 25.9 Å². The third-order valence-electron chi connectivity index (χ3n) is 7.60. The second-order valence-corrected chi connectivity index (χ2v) is 13.2. The van der Waals surface area contributed by atoms with Gasteiger partial charge in [0.15, 0.2) is 0 Å². The quantitative estimate of drug-likeness (QED) is 0.114. The van der Waals surface area contributed by atoms with Gasteiger partial charge >= 0.3 is 0 Å². The molecule has 0 spiro atoms. The summed E-state index contributed by atoms with van der Waals surface area (Å²) in [4.78, 5) is 45.7. The molecule has 0 aliphatic carbocycles. The molecule has 0 fully saturated rings. The summed E-state index contributed by atoms with van der Waals surface area (Å²) in [5, 5.41) is 5.33. The molecule has 0 saturated carbocycles. The van der Waals surface area contributed by atoms with Crippen LogP contribution in [-0.4, -0.2) is 30.1 Å². The topological polar surface area (TPSA) is 87.7 Å². The lowest BCUT2D eigenvalue weighted by molar-refractivity contribution is -0.117. The minimum Gasteiger partial charge on any atom is -0.497 e. The van der Waals surface area contributed by atoms with Crippen LogP contribution in [0.1, 0.15) is 29.3 Å². The maximum atomic E-state index is 14.2. The normalized spacial score (nSPS) is 12.7. The number of hydrogen-bond donors (Lipinski definition) is 2. The van der Waals surface area contributed by atoms with E-state index in [9.17, 15) is 14.4 Å². The zero-order valence-electron chi connectivity index (χ0n) is 26.4. The highest BCUT2D eigenvalue weighted by molar-refractivity contribution is 8.00. The van der Waals surface area contributed by atoms with Gasteiger partial charge in [-0.3, -0.25) is 19.3 Å². The molecule has 5 aromatic carbocycles. The van der Waals surface area contributed by atoms with Gasteiger partial charge in [-0.25, -0.2) is 0 Å². The summed E-state index contributed by atoms with van der Waals surface area (Å²) in [5.74, 6) is -0.290. The van der Waals surface area contributed by atoms with Crippen molar-refractivity contribution in [3.05, 3.63) is 144 Å². The van der Waals surface area contributed by atoms with Crippen molar-refractivity contribution in [3.8, 4) is 5.75 Å². The Kier molecular flexibility index (Phi) is 10.3. The molecule has 1 unspecified atom stereocenters. The number of anilines is 3. The number of nitrogens with one attached hydrogen (secondary N) is 2. The molecule has 0 bridgehead atoms. The van der Waals surface area contributed by atoms with Gasteiger partial charge in [-0.2, -0.15) is 0 Å². The zero-order valence-corrected chi connectivity index (χ0v) is 28.0. The van der Waals surface area contributed by atoms with E-state index in [4.69, 9.17) is 4.74 Å². The van der Waals surface area contributed by atoms with E-state index >= 15 is 0 Å². The van der Waals surface area contributed by atoms with Gasteiger partial charge in [0.05, 0.1) is 23.7 Å². The van der Waals surface area contributed by atoms with Gasteiger partial charge < -0.3 is 15.4 Å². The number of ether oxygens (including phenoxy) is 1. The number of rotatable bonds is 10. The number of carbonyl (C=O) groups is 3. The Balaban J connectivity index is 1.23. The van der Waals surface area contributed by atoms with Crippen LogP contribution >= 0.6 is 23.5 Å². The summed E-state index contributed by atoms with van der Waals surface area (Å²) < 4.78 is 5.34. The molecule has 2 N–H and O–H groups in total. The lowest BCUT2D eigenvalue weighted by atomic mass is 10.1. The van der Waals surface area contributed by atoms with Crippen LogP contribution in [0.2, 0.25) is 0 Å². The van der Waals surface area contributed by atoms with Crippen LogP contribution < -0.4 is 20.3 Å². The Morgan fingerprint density at radius 1 is 0.812 bits per heavy atom. The summed E-state index contributed by atoms with van der Waals surface area (Å²) in [6.07, 6.45) is 2.21. The van der Waals surface area contributed by atoms with Crippen molar-refractivity contribution < 1.29 is 19.1 Å². The highest BCUT2D eigenvalue weighted by Gasteiger charge is 2.32. The number of amides is 3. The van der Waals surface area contributed by atoms with Crippen molar-refractivity contribution >= 4 is 64.4 Å². The Hall–Kier alpha value is -5.25. The van der Waals surface area contributed by atoms with Crippen LogP contribution in [-0.2, 0) is 9.59 Å². The molecule has 1 heterocycles. The molecule has 9 heteroatoms. The second kappa shape index (κ2) is 15.1.